The van der Waals surface area contributed by atoms with Crippen molar-refractivity contribution >= 4 is 58.2 Å². The van der Waals surface area contributed by atoms with Gasteiger partial charge in [0.25, 0.3) is 5.91 Å². The first-order valence-corrected chi connectivity index (χ1v) is 13.0. The van der Waals surface area contributed by atoms with Crippen molar-refractivity contribution in [1.29, 1.82) is 0 Å². The molecule has 2 amide bonds. The minimum Gasteiger partial charge on any atom is -0.508 e. The van der Waals surface area contributed by atoms with Crippen LogP contribution < -0.4 is 16.0 Å². The van der Waals surface area contributed by atoms with E-state index in [1.54, 1.807) is 25.1 Å². The first kappa shape index (κ1) is 29.5. The van der Waals surface area contributed by atoms with E-state index in [0.717, 1.165) is 0 Å². The van der Waals surface area contributed by atoms with Crippen LogP contribution >= 0.6 is 23.2 Å². The first-order valence-electron chi connectivity index (χ1n) is 12.3. The number of anilines is 1. The van der Waals surface area contributed by atoms with E-state index in [9.17, 15) is 39.6 Å². The summed E-state index contributed by atoms with van der Waals surface area (Å²) in [7, 11) is 3.46. The van der Waals surface area contributed by atoms with Crippen molar-refractivity contribution in [2.45, 2.75) is 42.7 Å². The van der Waals surface area contributed by atoms with Gasteiger partial charge in [-0.1, -0.05) is 23.2 Å². The summed E-state index contributed by atoms with van der Waals surface area (Å²) < 4.78 is 3.64. The van der Waals surface area contributed by atoms with Gasteiger partial charge in [-0.25, -0.2) is 4.79 Å². The summed E-state index contributed by atoms with van der Waals surface area (Å²) in [6, 6.07) is 1.61. The van der Waals surface area contributed by atoms with E-state index in [-0.39, 0.29) is 42.7 Å². The van der Waals surface area contributed by atoms with Gasteiger partial charge in [-0.3, -0.25) is 14.4 Å². The summed E-state index contributed by atoms with van der Waals surface area (Å²) >= 11 is 11.6. The number of alkyl halides is 2. The molecule has 0 heterocycles. The Bertz CT molecular complexity index is 1400. The van der Waals surface area contributed by atoms with Crippen LogP contribution in [0, 0.1) is 11.8 Å². The Morgan fingerprint density at radius 1 is 1.23 bits per heavy atom. The normalized spacial score (nSPS) is 24.2. The van der Waals surface area contributed by atoms with E-state index in [2.05, 4.69) is 5.32 Å². The van der Waals surface area contributed by atoms with Crippen LogP contribution in [0.2, 0.25) is 0 Å². The zero-order valence-corrected chi connectivity index (χ0v) is 23.4. The number of carbonyl (C=O) groups is 4. The van der Waals surface area contributed by atoms with Gasteiger partial charge in [-0.15, -0.1) is 0 Å². The van der Waals surface area contributed by atoms with Gasteiger partial charge in [-0.05, 0) is 37.3 Å². The molecule has 4 rings (SSSR count). The topological polar surface area (TPSA) is 200 Å². The number of fused-ring (bicyclic) bond motifs is 3. The molecular weight excluding hydrogens is 569 g/mol. The van der Waals surface area contributed by atoms with Gasteiger partial charge in [0.2, 0.25) is 5.78 Å². The lowest BCUT2D eigenvalue weighted by Gasteiger charge is -2.46. The third-order valence-corrected chi connectivity index (χ3v) is 7.70. The maximum Gasteiger partial charge on any atom is 0.407 e. The Balaban J connectivity index is 1.78. The summed E-state index contributed by atoms with van der Waals surface area (Å²) in [4.78, 5) is 51.8. The third kappa shape index (κ3) is 4.84. The van der Waals surface area contributed by atoms with Crippen molar-refractivity contribution < 1.29 is 44.3 Å². The number of nitrogens with two attached hydrogens (primary N) is 1. The molecule has 0 aromatic heterocycles. The SMILES string of the molecule is CN(C)c1cc(CNC(=O)OCC(C)(Cl)Cl)c(O)c2c1CC1CC3CC(=O)C(C(N)=O)=C(O)C3(O)C(=O)C1=C2O. The highest BCUT2D eigenvalue weighted by molar-refractivity contribution is 6.48. The van der Waals surface area contributed by atoms with Crippen LogP contribution in [-0.4, -0.2) is 74.6 Å². The molecule has 40 heavy (non-hydrogen) atoms. The van der Waals surface area contributed by atoms with Crippen molar-refractivity contribution in [3.05, 3.63) is 39.7 Å². The Labute approximate surface area is 239 Å². The minimum absolute atomic E-state index is 0.0196. The fraction of sp³-hybridized carbons (Fsp3) is 0.462. The van der Waals surface area contributed by atoms with Crippen LogP contribution in [0.1, 0.15) is 36.5 Å². The number of phenols is 1. The second kappa shape index (κ2) is 10.2. The Hall–Kier alpha value is -3.48. The van der Waals surface area contributed by atoms with Crippen molar-refractivity contribution in [3.63, 3.8) is 0 Å². The average molecular weight is 598 g/mol. The number of primary amides is 1. The molecule has 1 saturated carbocycles. The van der Waals surface area contributed by atoms with E-state index < -0.39 is 74.6 Å². The number of ketones is 2. The number of ether oxygens (including phenoxy) is 1. The number of halogens is 2. The first-order chi connectivity index (χ1) is 18.5. The van der Waals surface area contributed by atoms with Crippen LogP contribution in [0.5, 0.6) is 5.75 Å². The second-order valence-corrected chi connectivity index (χ2v) is 12.4. The lowest BCUT2D eigenvalue weighted by atomic mass is 9.59. The Morgan fingerprint density at radius 3 is 2.45 bits per heavy atom. The zero-order valence-electron chi connectivity index (χ0n) is 21.9. The molecule has 0 bridgehead atoms. The highest BCUT2D eigenvalue weighted by Gasteiger charge is 2.60. The van der Waals surface area contributed by atoms with Gasteiger partial charge >= 0.3 is 6.09 Å². The van der Waals surface area contributed by atoms with Gasteiger partial charge in [0, 0.05) is 49.8 Å². The number of nitrogens with one attached hydrogen (secondary N) is 1. The lowest BCUT2D eigenvalue weighted by molar-refractivity contribution is -0.147. The molecular formula is C26H29Cl2N3O9. The van der Waals surface area contributed by atoms with Gasteiger partial charge in [0.15, 0.2) is 11.4 Å². The van der Waals surface area contributed by atoms with E-state index in [4.69, 9.17) is 33.7 Å². The molecule has 1 fully saturated rings. The molecule has 216 valence electrons. The molecule has 1 aromatic rings. The molecule has 0 spiro atoms. The molecule has 0 aliphatic heterocycles. The standard InChI is InChI=1S/C26H29Cl2N3O9/c1-25(27,28)9-40-24(38)30-8-11-6-14(31(2)3)13-5-10-4-12-7-15(32)18(23(29)37)22(36)26(12,39)21(35)16(10)20(34)17(13)19(11)33/h6,10,12,33-34,36,39H,4-5,7-9H2,1-3H3,(H2,29,37)(H,30,38). The Morgan fingerprint density at radius 2 is 1.88 bits per heavy atom. The molecule has 3 atom stereocenters. The van der Waals surface area contributed by atoms with Gasteiger partial charge in [0.05, 0.1) is 5.56 Å². The second-order valence-electron chi connectivity index (χ2n) is 10.6. The number of phenolic OH excluding ortho intramolecular Hbond substituents is 1. The molecule has 14 heteroatoms. The van der Waals surface area contributed by atoms with Crippen molar-refractivity contribution in [1.82, 2.24) is 5.32 Å². The van der Waals surface area contributed by atoms with E-state index in [0.29, 0.717) is 11.3 Å². The van der Waals surface area contributed by atoms with Crippen molar-refractivity contribution in [3.8, 4) is 5.75 Å². The van der Waals surface area contributed by atoms with Crippen LogP contribution in [-0.2, 0) is 32.1 Å². The van der Waals surface area contributed by atoms with Crippen LogP contribution in [0.3, 0.4) is 0 Å². The molecule has 12 nitrogen and oxygen atoms in total. The molecule has 3 aliphatic carbocycles. The maximum atomic E-state index is 13.7. The minimum atomic E-state index is -2.65. The number of rotatable bonds is 6. The zero-order chi connectivity index (χ0) is 29.9. The highest BCUT2D eigenvalue weighted by atomic mass is 35.5. The monoisotopic (exact) mass is 597 g/mol. The predicted octanol–water partition coefficient (Wildman–Crippen LogP) is 1.91. The highest BCUT2D eigenvalue weighted by Crippen LogP contribution is 2.53. The fourth-order valence-corrected chi connectivity index (χ4v) is 5.78. The smallest absolute Gasteiger partial charge is 0.407 e. The number of amides is 2. The molecule has 0 saturated heterocycles. The predicted molar refractivity (Wildman–Crippen MR) is 144 cm³/mol. The van der Waals surface area contributed by atoms with Crippen LogP contribution in [0.15, 0.2) is 23.0 Å². The van der Waals surface area contributed by atoms with E-state index in [1.807, 2.05) is 0 Å². The average Bonchev–Trinajstić information content (AvgIpc) is 2.83. The quantitative estimate of drug-likeness (QED) is 0.208. The molecule has 3 unspecified atom stereocenters. The maximum absolute atomic E-state index is 13.7. The van der Waals surface area contributed by atoms with Crippen LogP contribution in [0.4, 0.5) is 10.5 Å². The van der Waals surface area contributed by atoms with Gasteiger partial charge in [-0.2, -0.15) is 0 Å². The number of aliphatic hydroxyl groups is 3. The number of Topliss-reactive ketones (excluding diaryl/α,β-unsaturated/α-hetero) is 2. The number of alkyl carbamates (subject to hydrolysis) is 1. The molecule has 0 radical (unpaired) electrons. The summed E-state index contributed by atoms with van der Waals surface area (Å²) in [5.41, 5.74) is 2.60. The summed E-state index contributed by atoms with van der Waals surface area (Å²) in [6.07, 6.45) is -1.10. The third-order valence-electron chi connectivity index (χ3n) is 7.48. The lowest BCUT2D eigenvalue weighted by Crippen LogP contribution is -2.58. The molecule has 1 aromatic carbocycles. The summed E-state index contributed by atoms with van der Waals surface area (Å²) in [5, 5.41) is 47.1. The number of hydrogen-bond acceptors (Lipinski definition) is 10. The van der Waals surface area contributed by atoms with Gasteiger partial charge in [0.1, 0.15) is 33.8 Å². The summed E-state index contributed by atoms with van der Waals surface area (Å²) in [6.45, 7) is 0.900. The number of hydrogen-bond donors (Lipinski definition) is 6. The molecule has 3 aliphatic rings. The number of carbonyl (C=O) groups excluding carboxylic acids is 4. The Kier molecular flexibility index (Phi) is 7.50. The van der Waals surface area contributed by atoms with E-state index >= 15 is 0 Å². The number of aromatic hydroxyl groups is 1. The number of benzene rings is 1. The van der Waals surface area contributed by atoms with Crippen molar-refractivity contribution in [2.24, 2.45) is 17.6 Å². The van der Waals surface area contributed by atoms with E-state index in [1.165, 1.54) is 6.92 Å². The number of aliphatic hydroxyl groups excluding tert-OH is 2. The largest absolute Gasteiger partial charge is 0.508 e. The van der Waals surface area contributed by atoms with Crippen LogP contribution in [0.25, 0.3) is 5.76 Å². The van der Waals surface area contributed by atoms with Crippen molar-refractivity contribution in [2.75, 3.05) is 25.6 Å². The number of nitrogens with zero attached hydrogens (tertiary/aromatic N) is 1. The molecule has 7 N–H and O–H groups in total. The summed E-state index contributed by atoms with van der Waals surface area (Å²) in [5.74, 6) is -7.10. The fourth-order valence-electron chi connectivity index (χ4n) is 5.67. The van der Waals surface area contributed by atoms with Gasteiger partial charge < -0.3 is 41.1 Å².